The van der Waals surface area contributed by atoms with Crippen LogP contribution in [0, 0.1) is 13.8 Å². The van der Waals surface area contributed by atoms with Crippen LogP contribution in [-0.2, 0) is 0 Å². The Bertz CT molecular complexity index is 624. The Balaban J connectivity index is 2.55. The molecule has 0 aliphatic rings. The molecule has 0 aliphatic carbocycles. The molecule has 2 atom stereocenters. The summed E-state index contributed by atoms with van der Waals surface area (Å²) in [7, 11) is 1.67. The molecule has 0 fully saturated rings. The van der Waals surface area contributed by atoms with E-state index in [1.807, 2.05) is 29.8 Å². The minimum Gasteiger partial charge on any atom is -0.497 e. The minimum atomic E-state index is -0.0120. The summed E-state index contributed by atoms with van der Waals surface area (Å²) in [4.78, 5) is 0. The van der Waals surface area contributed by atoms with Gasteiger partial charge in [0.1, 0.15) is 5.75 Å². The van der Waals surface area contributed by atoms with Crippen LogP contribution in [0.1, 0.15) is 36.3 Å². The number of benzene rings is 1. The molecule has 2 aromatic rings. The number of halogens is 1. The second-order valence-corrected chi connectivity index (χ2v) is 6.02. The molecule has 0 saturated heterocycles. The molecule has 1 heterocycles. The maximum absolute atomic E-state index is 6.38. The second-order valence-electron chi connectivity index (χ2n) is 5.22. The number of aromatic nitrogens is 2. The number of nitrogens with zero attached hydrogens (tertiary/aromatic N) is 2. The summed E-state index contributed by atoms with van der Waals surface area (Å²) in [6, 6.07) is 8.02. The van der Waals surface area contributed by atoms with Crippen molar-refractivity contribution >= 4 is 15.9 Å². The third-order valence-corrected chi connectivity index (χ3v) is 4.96. The van der Waals surface area contributed by atoms with Crippen LogP contribution < -0.4 is 10.5 Å². The molecule has 1 aromatic heterocycles. The van der Waals surface area contributed by atoms with E-state index in [1.165, 1.54) is 0 Å². The van der Waals surface area contributed by atoms with Gasteiger partial charge in [-0.1, -0.05) is 19.1 Å². The zero-order valence-electron chi connectivity index (χ0n) is 12.9. The molecule has 4 nitrogen and oxygen atoms in total. The normalized spacial score (nSPS) is 14.0. The number of hydrogen-bond donors (Lipinski definition) is 1. The highest BCUT2D eigenvalue weighted by molar-refractivity contribution is 9.10. The lowest BCUT2D eigenvalue weighted by molar-refractivity contribution is 0.401. The summed E-state index contributed by atoms with van der Waals surface area (Å²) in [5.41, 5.74) is 9.56. The molecule has 0 bridgehead atoms. The van der Waals surface area contributed by atoms with Gasteiger partial charge in [-0.15, -0.1) is 0 Å². The van der Waals surface area contributed by atoms with Crippen LogP contribution in [0.3, 0.4) is 0 Å². The average molecular weight is 352 g/mol. The van der Waals surface area contributed by atoms with E-state index in [1.54, 1.807) is 7.11 Å². The van der Waals surface area contributed by atoms with E-state index < -0.39 is 0 Å². The Kier molecular flexibility index (Phi) is 5.06. The largest absolute Gasteiger partial charge is 0.497 e. The van der Waals surface area contributed by atoms with Crippen molar-refractivity contribution in [2.45, 2.75) is 39.3 Å². The number of ether oxygens (including phenoxy) is 1. The first kappa shape index (κ1) is 16.0. The lowest BCUT2D eigenvalue weighted by Gasteiger charge is -2.25. The van der Waals surface area contributed by atoms with Gasteiger partial charge in [0.15, 0.2) is 0 Å². The molecule has 2 N–H and O–H groups in total. The van der Waals surface area contributed by atoms with E-state index in [4.69, 9.17) is 10.5 Å². The molecule has 0 spiro atoms. The highest BCUT2D eigenvalue weighted by atomic mass is 79.9. The van der Waals surface area contributed by atoms with Crippen LogP contribution in [0.4, 0.5) is 0 Å². The van der Waals surface area contributed by atoms with Crippen LogP contribution in [0.5, 0.6) is 5.75 Å². The Morgan fingerprint density at radius 1 is 1.38 bits per heavy atom. The van der Waals surface area contributed by atoms with Crippen molar-refractivity contribution in [3.05, 3.63) is 45.7 Å². The fraction of sp³-hybridized carbons (Fsp3) is 0.438. The number of methoxy groups -OCH3 is 1. The molecule has 0 saturated carbocycles. The molecule has 0 amide bonds. The summed E-state index contributed by atoms with van der Waals surface area (Å²) >= 11 is 3.59. The molecule has 5 heteroatoms. The summed E-state index contributed by atoms with van der Waals surface area (Å²) in [5.74, 6) is 0.835. The molecular formula is C16H22BrN3O. The van der Waals surface area contributed by atoms with Gasteiger partial charge in [0, 0.05) is 6.04 Å². The van der Waals surface area contributed by atoms with Crippen molar-refractivity contribution in [1.82, 2.24) is 9.78 Å². The van der Waals surface area contributed by atoms with Gasteiger partial charge in [0.05, 0.1) is 29.0 Å². The average Bonchev–Trinajstić information content (AvgIpc) is 2.75. The highest BCUT2D eigenvalue weighted by Gasteiger charge is 2.25. The Labute approximate surface area is 134 Å². The lowest BCUT2D eigenvalue weighted by Crippen LogP contribution is -2.33. The predicted molar refractivity (Wildman–Crippen MR) is 88.8 cm³/mol. The molecule has 114 valence electrons. The Hall–Kier alpha value is -1.33. The van der Waals surface area contributed by atoms with Crippen molar-refractivity contribution in [3.8, 4) is 5.75 Å². The van der Waals surface area contributed by atoms with Gasteiger partial charge >= 0.3 is 0 Å². The smallest absolute Gasteiger partial charge is 0.119 e. The third-order valence-electron chi connectivity index (χ3n) is 3.81. The minimum absolute atomic E-state index is 0.00454. The van der Waals surface area contributed by atoms with Crippen LogP contribution in [0.25, 0.3) is 0 Å². The van der Waals surface area contributed by atoms with Crippen molar-refractivity contribution in [2.24, 2.45) is 5.73 Å². The summed E-state index contributed by atoms with van der Waals surface area (Å²) in [5, 5.41) is 4.66. The molecular weight excluding hydrogens is 330 g/mol. The highest BCUT2D eigenvalue weighted by Crippen LogP contribution is 2.30. The summed E-state index contributed by atoms with van der Waals surface area (Å²) < 4.78 is 8.39. The Morgan fingerprint density at radius 2 is 2.10 bits per heavy atom. The van der Waals surface area contributed by atoms with E-state index in [0.717, 1.165) is 33.6 Å². The van der Waals surface area contributed by atoms with E-state index in [9.17, 15) is 0 Å². The quantitative estimate of drug-likeness (QED) is 0.895. The van der Waals surface area contributed by atoms with Gasteiger partial charge < -0.3 is 10.5 Å². The predicted octanol–water partition coefficient (Wildman–Crippen LogP) is 3.60. The van der Waals surface area contributed by atoms with Gasteiger partial charge in [0.2, 0.25) is 0 Å². The van der Waals surface area contributed by atoms with Gasteiger partial charge in [-0.2, -0.15) is 5.10 Å². The standard InChI is InChI=1S/C16H22BrN3O/c1-5-14(18)16(12-7-6-8-13(9-12)21-4)20-11(3)15(17)10(2)19-20/h6-9,14,16H,5,18H2,1-4H3. The molecule has 0 radical (unpaired) electrons. The van der Waals surface area contributed by atoms with E-state index in [0.29, 0.717) is 0 Å². The van der Waals surface area contributed by atoms with Crippen molar-refractivity contribution < 1.29 is 4.74 Å². The second kappa shape index (κ2) is 6.62. The SMILES string of the molecule is CCC(N)C(c1cccc(OC)c1)n1nc(C)c(Br)c1C. The molecule has 2 rings (SSSR count). The zero-order valence-corrected chi connectivity index (χ0v) is 14.5. The van der Waals surface area contributed by atoms with Crippen LogP contribution >= 0.6 is 15.9 Å². The van der Waals surface area contributed by atoms with Gasteiger partial charge in [-0.25, -0.2) is 0 Å². The zero-order chi connectivity index (χ0) is 15.6. The van der Waals surface area contributed by atoms with Crippen molar-refractivity contribution in [2.75, 3.05) is 7.11 Å². The van der Waals surface area contributed by atoms with Crippen LogP contribution in [-0.4, -0.2) is 22.9 Å². The van der Waals surface area contributed by atoms with Gasteiger partial charge in [-0.05, 0) is 53.9 Å². The monoisotopic (exact) mass is 351 g/mol. The van der Waals surface area contributed by atoms with Crippen LogP contribution in [0.15, 0.2) is 28.7 Å². The van der Waals surface area contributed by atoms with E-state index in [2.05, 4.69) is 40.9 Å². The number of aryl methyl sites for hydroxylation is 1. The first-order valence-corrected chi connectivity index (χ1v) is 7.89. The van der Waals surface area contributed by atoms with Gasteiger partial charge in [-0.3, -0.25) is 4.68 Å². The summed E-state index contributed by atoms with van der Waals surface area (Å²) in [6.45, 7) is 6.14. The maximum atomic E-state index is 6.38. The van der Waals surface area contributed by atoms with Crippen molar-refractivity contribution in [3.63, 3.8) is 0 Å². The van der Waals surface area contributed by atoms with Crippen molar-refractivity contribution in [1.29, 1.82) is 0 Å². The molecule has 2 unspecified atom stereocenters. The first-order chi connectivity index (χ1) is 9.99. The first-order valence-electron chi connectivity index (χ1n) is 7.10. The topological polar surface area (TPSA) is 53.1 Å². The maximum Gasteiger partial charge on any atom is 0.119 e. The van der Waals surface area contributed by atoms with E-state index >= 15 is 0 Å². The van der Waals surface area contributed by atoms with Gasteiger partial charge in [0.25, 0.3) is 0 Å². The van der Waals surface area contributed by atoms with E-state index in [-0.39, 0.29) is 12.1 Å². The molecule has 21 heavy (non-hydrogen) atoms. The van der Waals surface area contributed by atoms with Crippen LogP contribution in [0.2, 0.25) is 0 Å². The molecule has 1 aromatic carbocycles. The fourth-order valence-corrected chi connectivity index (χ4v) is 2.79. The lowest BCUT2D eigenvalue weighted by atomic mass is 9.97. The third kappa shape index (κ3) is 3.14. The number of rotatable bonds is 5. The molecule has 0 aliphatic heterocycles. The fourth-order valence-electron chi connectivity index (χ4n) is 2.53. The Morgan fingerprint density at radius 3 is 2.62 bits per heavy atom. The number of hydrogen-bond acceptors (Lipinski definition) is 3. The summed E-state index contributed by atoms with van der Waals surface area (Å²) in [6.07, 6.45) is 0.873. The number of nitrogens with two attached hydrogens (primary N) is 1.